The van der Waals surface area contributed by atoms with Crippen molar-refractivity contribution in [3.63, 3.8) is 0 Å². The van der Waals surface area contributed by atoms with Gasteiger partial charge in [0, 0.05) is 22.7 Å². The average molecular weight is 422 g/mol. The second-order valence-electron chi connectivity index (χ2n) is 6.02. The van der Waals surface area contributed by atoms with Crippen LogP contribution >= 0.6 is 15.9 Å². The fourth-order valence-corrected chi connectivity index (χ4v) is 3.70. The molecule has 136 valence electrons. The van der Waals surface area contributed by atoms with E-state index in [2.05, 4.69) is 20.9 Å². The van der Waals surface area contributed by atoms with E-state index in [0.29, 0.717) is 10.2 Å². The van der Waals surface area contributed by atoms with E-state index in [1.165, 1.54) is 6.08 Å². The Balaban J connectivity index is 2.14. The molecule has 0 fully saturated rings. The number of hydrogen-bond acceptors (Lipinski definition) is 6. The number of allylic oxidation sites excluding steroid dienone is 2. The van der Waals surface area contributed by atoms with Crippen LogP contribution in [0, 0.1) is 16.0 Å². The molecule has 26 heavy (non-hydrogen) atoms. The molecule has 1 N–H and O–H groups in total. The minimum atomic E-state index is -1.11. The zero-order chi connectivity index (χ0) is 19.0. The molecule has 2 heterocycles. The molecule has 0 saturated heterocycles. The van der Waals surface area contributed by atoms with Crippen LogP contribution in [0.3, 0.4) is 0 Å². The van der Waals surface area contributed by atoms with E-state index >= 15 is 0 Å². The number of fused-ring (bicyclic) bond motifs is 1. The van der Waals surface area contributed by atoms with E-state index in [9.17, 15) is 20.0 Å². The van der Waals surface area contributed by atoms with Gasteiger partial charge in [-0.05, 0) is 33.6 Å². The third-order valence-corrected chi connectivity index (χ3v) is 4.91. The Hall–Kier alpha value is -2.68. The zero-order valence-corrected chi connectivity index (χ0v) is 15.6. The second kappa shape index (κ2) is 6.91. The van der Waals surface area contributed by atoms with E-state index in [4.69, 9.17) is 4.74 Å². The monoisotopic (exact) mass is 421 g/mol. The Bertz CT molecular complexity index is 846. The molecule has 3 unspecified atom stereocenters. The molecule has 0 spiro atoms. The van der Waals surface area contributed by atoms with Gasteiger partial charge < -0.3 is 14.7 Å². The van der Waals surface area contributed by atoms with Crippen LogP contribution < -0.4 is 4.74 Å². The minimum absolute atomic E-state index is 0.0459. The van der Waals surface area contributed by atoms with Crippen molar-refractivity contribution < 1.29 is 19.6 Å². The van der Waals surface area contributed by atoms with Gasteiger partial charge in [-0.3, -0.25) is 10.1 Å². The fraction of sp³-hybridized carbons (Fsp3) is 0.294. The van der Waals surface area contributed by atoms with Gasteiger partial charge in [0.2, 0.25) is 5.84 Å². The van der Waals surface area contributed by atoms with Gasteiger partial charge in [-0.2, -0.15) is 0 Å². The summed E-state index contributed by atoms with van der Waals surface area (Å²) in [5.74, 6) is -0.807. The highest BCUT2D eigenvalue weighted by atomic mass is 79.9. The lowest BCUT2D eigenvalue weighted by atomic mass is 9.85. The molecular formula is C17H16BrN3O5. The van der Waals surface area contributed by atoms with Crippen LogP contribution in [0.5, 0.6) is 5.75 Å². The smallest absolute Gasteiger partial charge is 0.328 e. The number of halogens is 1. The number of amidine groups is 1. The third-order valence-electron chi connectivity index (χ3n) is 4.47. The maximum absolute atomic E-state index is 11.7. The summed E-state index contributed by atoms with van der Waals surface area (Å²) in [5.41, 5.74) is 0.578. The van der Waals surface area contributed by atoms with Crippen LogP contribution in [-0.4, -0.2) is 39.9 Å². The number of hydrogen-bond donors (Lipinski definition) is 1. The normalized spacial score (nSPS) is 24.8. The molecular weight excluding hydrogens is 406 g/mol. The number of nitro groups is 1. The van der Waals surface area contributed by atoms with Crippen molar-refractivity contribution in [1.29, 1.82) is 0 Å². The molecule has 0 aromatic heterocycles. The molecule has 3 rings (SSSR count). The van der Waals surface area contributed by atoms with Crippen molar-refractivity contribution in [2.45, 2.75) is 19.0 Å². The highest BCUT2D eigenvalue weighted by molar-refractivity contribution is 9.11. The highest BCUT2D eigenvalue weighted by Gasteiger charge is 2.45. The van der Waals surface area contributed by atoms with Crippen molar-refractivity contribution >= 4 is 27.7 Å². The maximum atomic E-state index is 11.7. The molecule has 2 aliphatic rings. The number of aliphatic carboxylic acids is 1. The van der Waals surface area contributed by atoms with E-state index in [1.807, 2.05) is 12.1 Å². The molecule has 0 bridgehead atoms. The predicted octanol–water partition coefficient (Wildman–Crippen LogP) is 2.95. The number of carbonyl (C=O) groups is 1. The average Bonchev–Trinajstić information content (AvgIpc) is 2.60. The molecule has 1 aromatic carbocycles. The van der Waals surface area contributed by atoms with Gasteiger partial charge in [-0.1, -0.05) is 19.1 Å². The first-order valence-electron chi connectivity index (χ1n) is 7.80. The van der Waals surface area contributed by atoms with E-state index in [-0.39, 0.29) is 11.5 Å². The lowest BCUT2D eigenvalue weighted by Gasteiger charge is -2.41. The summed E-state index contributed by atoms with van der Waals surface area (Å²) in [5, 5.41) is 21.0. The molecule has 0 aliphatic carbocycles. The van der Waals surface area contributed by atoms with Gasteiger partial charge in [-0.25, -0.2) is 9.79 Å². The largest absolute Gasteiger partial charge is 0.497 e. The first-order chi connectivity index (χ1) is 12.3. The molecule has 8 nitrogen and oxygen atoms in total. The Morgan fingerprint density at radius 1 is 1.38 bits per heavy atom. The summed E-state index contributed by atoms with van der Waals surface area (Å²) < 4.78 is 5.68. The number of rotatable bonds is 4. The van der Waals surface area contributed by atoms with Crippen LogP contribution in [0.15, 0.2) is 51.7 Å². The van der Waals surface area contributed by atoms with Crippen LogP contribution in [0.25, 0.3) is 0 Å². The van der Waals surface area contributed by atoms with Gasteiger partial charge in [0.25, 0.3) is 0 Å². The lowest BCUT2D eigenvalue weighted by Crippen LogP contribution is -2.48. The third kappa shape index (κ3) is 3.10. The highest BCUT2D eigenvalue weighted by Crippen LogP contribution is 2.40. The fourth-order valence-electron chi connectivity index (χ4n) is 3.26. The van der Waals surface area contributed by atoms with E-state index < -0.39 is 28.9 Å². The Morgan fingerprint density at radius 2 is 2.04 bits per heavy atom. The lowest BCUT2D eigenvalue weighted by molar-refractivity contribution is -0.416. The Morgan fingerprint density at radius 3 is 2.58 bits per heavy atom. The van der Waals surface area contributed by atoms with Crippen LogP contribution in [0.1, 0.15) is 18.5 Å². The first kappa shape index (κ1) is 18.1. The summed E-state index contributed by atoms with van der Waals surface area (Å²) >= 11 is 3.29. The van der Waals surface area contributed by atoms with Gasteiger partial charge in [0.15, 0.2) is 6.04 Å². The molecule has 2 aliphatic heterocycles. The minimum Gasteiger partial charge on any atom is -0.497 e. The summed E-state index contributed by atoms with van der Waals surface area (Å²) in [7, 11) is 1.56. The quantitative estimate of drug-likeness (QED) is 0.591. The standard InChI is InChI=1S/C17H16BrN3O5/c1-9-14(17(22)23)19-16-13(21(24)25)7-11(18)8-20(16)15(9)10-3-5-12(26-2)6-4-10/h3-9,14-15H,1-2H3,(H,22,23). The van der Waals surface area contributed by atoms with Crippen molar-refractivity contribution in [2.24, 2.45) is 10.9 Å². The van der Waals surface area contributed by atoms with Gasteiger partial charge in [-0.15, -0.1) is 0 Å². The molecule has 0 saturated carbocycles. The summed E-state index contributed by atoms with van der Waals surface area (Å²) in [6.45, 7) is 1.78. The number of carboxylic acid groups (broad SMARTS) is 1. The van der Waals surface area contributed by atoms with Crippen molar-refractivity contribution in [3.8, 4) is 5.75 Å². The van der Waals surface area contributed by atoms with Crippen molar-refractivity contribution in [3.05, 3.63) is 62.4 Å². The predicted molar refractivity (Wildman–Crippen MR) is 97.7 cm³/mol. The molecule has 9 heteroatoms. The molecule has 1 aromatic rings. The van der Waals surface area contributed by atoms with Gasteiger partial charge in [0.05, 0.1) is 18.1 Å². The summed E-state index contributed by atoms with van der Waals surface area (Å²) in [6, 6.07) is 5.70. The maximum Gasteiger partial charge on any atom is 0.328 e. The zero-order valence-electron chi connectivity index (χ0n) is 14.0. The number of nitrogens with zero attached hydrogens (tertiary/aromatic N) is 3. The van der Waals surface area contributed by atoms with E-state index in [1.54, 1.807) is 37.3 Å². The van der Waals surface area contributed by atoms with Crippen molar-refractivity contribution in [1.82, 2.24) is 4.90 Å². The first-order valence-corrected chi connectivity index (χ1v) is 8.59. The van der Waals surface area contributed by atoms with Crippen LogP contribution in [0.2, 0.25) is 0 Å². The van der Waals surface area contributed by atoms with Gasteiger partial charge in [0.1, 0.15) is 5.75 Å². The van der Waals surface area contributed by atoms with Gasteiger partial charge >= 0.3 is 11.7 Å². The van der Waals surface area contributed by atoms with Crippen LogP contribution in [0.4, 0.5) is 0 Å². The Kier molecular flexibility index (Phi) is 4.82. The SMILES string of the molecule is COc1ccc(C2C(C)C(C(=O)O)N=C3C([N+](=O)[O-])=CC(Br)=CN32)cc1. The number of benzene rings is 1. The molecule has 0 radical (unpaired) electrons. The molecule has 0 amide bonds. The number of ether oxygens (including phenoxy) is 1. The van der Waals surface area contributed by atoms with Crippen molar-refractivity contribution in [2.75, 3.05) is 7.11 Å². The Labute approximate surface area is 157 Å². The topological polar surface area (TPSA) is 105 Å². The van der Waals surface area contributed by atoms with E-state index in [0.717, 1.165) is 5.56 Å². The summed E-state index contributed by atoms with van der Waals surface area (Å²) in [4.78, 5) is 28.4. The summed E-state index contributed by atoms with van der Waals surface area (Å²) in [6.07, 6.45) is 3.02. The van der Waals surface area contributed by atoms with Crippen LogP contribution in [-0.2, 0) is 4.79 Å². The number of aliphatic imine (C=N–C) groups is 1. The second-order valence-corrected chi connectivity index (χ2v) is 6.94. The number of methoxy groups -OCH3 is 1. The number of carboxylic acids is 1. The molecule has 3 atom stereocenters.